The van der Waals surface area contributed by atoms with E-state index in [1.165, 1.54) is 23.8 Å². The molecule has 1 aliphatic heterocycles. The van der Waals surface area contributed by atoms with Crippen molar-refractivity contribution in [3.63, 3.8) is 0 Å². The summed E-state index contributed by atoms with van der Waals surface area (Å²) < 4.78 is 6.07. The number of hydrogen-bond acceptors (Lipinski definition) is 3. The number of rotatable bonds is 5. The molecule has 0 radical (unpaired) electrons. The lowest BCUT2D eigenvalue weighted by Crippen LogP contribution is -2.35. The highest BCUT2D eigenvalue weighted by Gasteiger charge is 2.19. The molecule has 3 aromatic rings. The summed E-state index contributed by atoms with van der Waals surface area (Å²) in [6.45, 7) is 4.20. The summed E-state index contributed by atoms with van der Waals surface area (Å²) in [4.78, 5) is 6.70. The molecule has 4 rings (SSSR count). The summed E-state index contributed by atoms with van der Waals surface area (Å²) in [7, 11) is 0. The largest absolute Gasteiger partial charge is 0.493 e. The standard InChI is InChI=1S/C22H24N2O/c1-2-4-18(5-3-1)16-24-12-9-19(10-13-24)17-25-22-7-6-21-15-23-11-8-20(21)14-22/h1-8,11,14-15,19H,9-10,12-13,16-17H2. The van der Waals surface area contributed by atoms with E-state index < -0.39 is 0 Å². The molecular weight excluding hydrogens is 308 g/mol. The number of aromatic nitrogens is 1. The minimum absolute atomic E-state index is 0.653. The van der Waals surface area contributed by atoms with Crippen LogP contribution in [-0.2, 0) is 6.54 Å². The molecular formula is C22H24N2O. The summed E-state index contributed by atoms with van der Waals surface area (Å²) >= 11 is 0. The highest BCUT2D eigenvalue weighted by molar-refractivity contribution is 5.82. The van der Waals surface area contributed by atoms with Crippen LogP contribution in [0.1, 0.15) is 18.4 Å². The van der Waals surface area contributed by atoms with E-state index in [1.807, 2.05) is 18.5 Å². The van der Waals surface area contributed by atoms with Crippen molar-refractivity contribution in [1.29, 1.82) is 0 Å². The van der Waals surface area contributed by atoms with Gasteiger partial charge in [-0.3, -0.25) is 9.88 Å². The minimum Gasteiger partial charge on any atom is -0.493 e. The third-order valence-corrected chi connectivity index (χ3v) is 5.05. The zero-order valence-corrected chi connectivity index (χ0v) is 14.5. The van der Waals surface area contributed by atoms with Gasteiger partial charge in [-0.15, -0.1) is 0 Å². The Labute approximate surface area is 149 Å². The fourth-order valence-electron chi connectivity index (χ4n) is 3.52. The molecule has 25 heavy (non-hydrogen) atoms. The molecule has 1 saturated heterocycles. The first-order valence-corrected chi connectivity index (χ1v) is 9.10. The van der Waals surface area contributed by atoms with Gasteiger partial charge in [0.05, 0.1) is 6.61 Å². The second-order valence-electron chi connectivity index (χ2n) is 6.90. The second-order valence-corrected chi connectivity index (χ2v) is 6.90. The van der Waals surface area contributed by atoms with Crippen LogP contribution in [-0.4, -0.2) is 29.6 Å². The van der Waals surface area contributed by atoms with Crippen molar-refractivity contribution in [2.45, 2.75) is 19.4 Å². The van der Waals surface area contributed by atoms with Gasteiger partial charge in [0.2, 0.25) is 0 Å². The summed E-state index contributed by atoms with van der Waals surface area (Å²) in [5, 5.41) is 2.34. The predicted octanol–water partition coefficient (Wildman–Crippen LogP) is 4.53. The van der Waals surface area contributed by atoms with Gasteiger partial charge >= 0.3 is 0 Å². The van der Waals surface area contributed by atoms with Crippen molar-refractivity contribution in [1.82, 2.24) is 9.88 Å². The maximum absolute atomic E-state index is 6.07. The van der Waals surface area contributed by atoms with Gasteiger partial charge in [0, 0.05) is 24.3 Å². The number of benzene rings is 2. The van der Waals surface area contributed by atoms with Gasteiger partial charge in [-0.25, -0.2) is 0 Å². The molecule has 0 spiro atoms. The number of nitrogens with zero attached hydrogens (tertiary/aromatic N) is 2. The lowest BCUT2D eigenvalue weighted by atomic mass is 9.97. The van der Waals surface area contributed by atoms with E-state index in [0.29, 0.717) is 5.92 Å². The molecule has 1 fully saturated rings. The van der Waals surface area contributed by atoms with Gasteiger partial charge in [0.1, 0.15) is 5.75 Å². The first kappa shape index (κ1) is 16.1. The topological polar surface area (TPSA) is 25.4 Å². The average Bonchev–Trinajstić information content (AvgIpc) is 2.68. The molecule has 1 aliphatic rings. The molecule has 128 valence electrons. The Kier molecular flexibility index (Phi) is 4.93. The molecule has 0 N–H and O–H groups in total. The lowest BCUT2D eigenvalue weighted by Gasteiger charge is -2.31. The minimum atomic E-state index is 0.653. The van der Waals surface area contributed by atoms with Crippen molar-refractivity contribution < 1.29 is 4.74 Å². The number of hydrogen-bond donors (Lipinski definition) is 0. The molecule has 3 nitrogen and oxygen atoms in total. The quantitative estimate of drug-likeness (QED) is 0.686. The molecule has 0 saturated carbocycles. The fourth-order valence-corrected chi connectivity index (χ4v) is 3.52. The van der Waals surface area contributed by atoms with Gasteiger partial charge in [-0.2, -0.15) is 0 Å². The van der Waals surface area contributed by atoms with Crippen LogP contribution in [0.3, 0.4) is 0 Å². The SMILES string of the molecule is c1ccc(CN2CCC(COc3ccc4cnccc4c3)CC2)cc1. The lowest BCUT2D eigenvalue weighted by molar-refractivity contribution is 0.137. The van der Waals surface area contributed by atoms with E-state index in [2.05, 4.69) is 58.4 Å². The smallest absolute Gasteiger partial charge is 0.119 e. The number of ether oxygens (including phenoxy) is 1. The Bertz CT molecular complexity index is 810. The number of pyridine rings is 1. The number of piperidine rings is 1. The molecule has 0 unspecified atom stereocenters. The van der Waals surface area contributed by atoms with Crippen molar-refractivity contribution in [2.24, 2.45) is 5.92 Å². The van der Waals surface area contributed by atoms with E-state index in [1.54, 1.807) is 0 Å². The fraction of sp³-hybridized carbons (Fsp3) is 0.318. The monoisotopic (exact) mass is 332 g/mol. The van der Waals surface area contributed by atoms with E-state index in [0.717, 1.165) is 37.4 Å². The molecule has 0 amide bonds. The van der Waals surface area contributed by atoms with Crippen LogP contribution < -0.4 is 4.74 Å². The van der Waals surface area contributed by atoms with E-state index in [4.69, 9.17) is 4.74 Å². The zero-order valence-electron chi connectivity index (χ0n) is 14.5. The van der Waals surface area contributed by atoms with Crippen molar-refractivity contribution in [3.05, 3.63) is 72.6 Å². The van der Waals surface area contributed by atoms with Gasteiger partial charge in [0.25, 0.3) is 0 Å². The van der Waals surface area contributed by atoms with Gasteiger partial charge in [-0.05, 0) is 67.1 Å². The number of likely N-dealkylation sites (tertiary alicyclic amines) is 1. The van der Waals surface area contributed by atoms with Gasteiger partial charge in [-0.1, -0.05) is 30.3 Å². The number of fused-ring (bicyclic) bond motifs is 1. The first-order valence-electron chi connectivity index (χ1n) is 9.10. The Balaban J connectivity index is 1.27. The van der Waals surface area contributed by atoms with Crippen LogP contribution in [0.4, 0.5) is 0 Å². The summed E-state index contributed by atoms with van der Waals surface area (Å²) in [6, 6.07) is 19.0. The summed E-state index contributed by atoms with van der Waals surface area (Å²) in [5.74, 6) is 1.62. The van der Waals surface area contributed by atoms with Crippen LogP contribution in [0.25, 0.3) is 10.8 Å². The van der Waals surface area contributed by atoms with Crippen LogP contribution in [0, 0.1) is 5.92 Å². The molecule has 0 aliphatic carbocycles. The van der Waals surface area contributed by atoms with Crippen LogP contribution in [0.2, 0.25) is 0 Å². The van der Waals surface area contributed by atoms with E-state index in [9.17, 15) is 0 Å². The Morgan fingerprint density at radius 1 is 0.960 bits per heavy atom. The van der Waals surface area contributed by atoms with Gasteiger partial charge in [0.15, 0.2) is 0 Å². The third kappa shape index (κ3) is 4.18. The normalized spacial score (nSPS) is 16.2. The Morgan fingerprint density at radius 2 is 1.80 bits per heavy atom. The van der Waals surface area contributed by atoms with E-state index >= 15 is 0 Å². The predicted molar refractivity (Wildman–Crippen MR) is 102 cm³/mol. The van der Waals surface area contributed by atoms with E-state index in [-0.39, 0.29) is 0 Å². The van der Waals surface area contributed by atoms with Crippen molar-refractivity contribution in [3.8, 4) is 5.75 Å². The van der Waals surface area contributed by atoms with Crippen molar-refractivity contribution in [2.75, 3.05) is 19.7 Å². The maximum atomic E-state index is 6.07. The Hall–Kier alpha value is -2.39. The Morgan fingerprint density at radius 3 is 2.64 bits per heavy atom. The highest BCUT2D eigenvalue weighted by Crippen LogP contribution is 2.23. The molecule has 2 aromatic carbocycles. The van der Waals surface area contributed by atoms with Crippen LogP contribution in [0.5, 0.6) is 5.75 Å². The highest BCUT2D eigenvalue weighted by atomic mass is 16.5. The second kappa shape index (κ2) is 7.66. The van der Waals surface area contributed by atoms with Crippen LogP contribution in [0.15, 0.2) is 67.0 Å². The maximum Gasteiger partial charge on any atom is 0.119 e. The summed E-state index contributed by atoms with van der Waals surface area (Å²) in [6.07, 6.45) is 6.14. The zero-order chi connectivity index (χ0) is 16.9. The van der Waals surface area contributed by atoms with Gasteiger partial charge < -0.3 is 4.74 Å². The van der Waals surface area contributed by atoms with Crippen molar-refractivity contribution >= 4 is 10.8 Å². The third-order valence-electron chi connectivity index (χ3n) is 5.05. The summed E-state index contributed by atoms with van der Waals surface area (Å²) in [5.41, 5.74) is 1.41. The molecule has 1 aromatic heterocycles. The molecule has 0 atom stereocenters. The molecule has 2 heterocycles. The average molecular weight is 332 g/mol. The molecule has 0 bridgehead atoms. The molecule has 3 heteroatoms. The van der Waals surface area contributed by atoms with Crippen LogP contribution >= 0.6 is 0 Å². The first-order chi connectivity index (χ1) is 12.4.